The van der Waals surface area contributed by atoms with Crippen LogP contribution in [-0.2, 0) is 4.74 Å². The van der Waals surface area contributed by atoms with E-state index in [1.807, 2.05) is 18.4 Å². The predicted molar refractivity (Wildman–Crippen MR) is 42.9 cm³/mol. The quantitative estimate of drug-likeness (QED) is 0.488. The molecule has 0 unspecified atom stereocenters. The average Bonchev–Trinajstić information content (AvgIpc) is 2.34. The minimum Gasteiger partial charge on any atom is -0.480 e. The molecule has 1 rings (SSSR count). The summed E-state index contributed by atoms with van der Waals surface area (Å²) >= 11 is 1.53. The first kappa shape index (κ1) is 7.28. The molecule has 0 radical (unpaired) electrons. The SMILES string of the molecule is COC(=N)c1sccc1C. The Morgan fingerprint density at radius 1 is 1.70 bits per heavy atom. The molecule has 0 aliphatic heterocycles. The van der Waals surface area contributed by atoms with Crippen LogP contribution in [0.5, 0.6) is 0 Å². The molecule has 0 bridgehead atoms. The number of hydrogen-bond donors (Lipinski definition) is 1. The molecule has 0 atom stereocenters. The lowest BCUT2D eigenvalue weighted by atomic mass is 10.3. The third-order valence-electron chi connectivity index (χ3n) is 1.27. The summed E-state index contributed by atoms with van der Waals surface area (Å²) in [7, 11) is 1.52. The third kappa shape index (κ3) is 1.19. The molecule has 0 saturated heterocycles. The first-order chi connectivity index (χ1) is 4.75. The zero-order valence-corrected chi connectivity index (χ0v) is 6.79. The van der Waals surface area contributed by atoms with Gasteiger partial charge in [0.2, 0.25) is 5.90 Å². The van der Waals surface area contributed by atoms with Crippen LogP contribution in [-0.4, -0.2) is 13.0 Å². The van der Waals surface area contributed by atoms with Crippen LogP contribution in [0, 0.1) is 12.3 Å². The zero-order valence-electron chi connectivity index (χ0n) is 5.97. The lowest BCUT2D eigenvalue weighted by Gasteiger charge is -1.98. The number of methoxy groups -OCH3 is 1. The second-order valence-electron chi connectivity index (χ2n) is 1.97. The number of thiophene rings is 1. The number of ether oxygens (including phenoxy) is 1. The highest BCUT2D eigenvalue weighted by Crippen LogP contribution is 2.15. The summed E-state index contributed by atoms with van der Waals surface area (Å²) < 4.78 is 4.77. The van der Waals surface area contributed by atoms with Crippen LogP contribution in [0.25, 0.3) is 0 Å². The van der Waals surface area contributed by atoms with E-state index in [-0.39, 0.29) is 5.90 Å². The minimum absolute atomic E-state index is 0.257. The second-order valence-corrected chi connectivity index (χ2v) is 2.88. The Morgan fingerprint density at radius 2 is 2.40 bits per heavy atom. The van der Waals surface area contributed by atoms with E-state index >= 15 is 0 Å². The van der Waals surface area contributed by atoms with Crippen molar-refractivity contribution in [2.24, 2.45) is 0 Å². The van der Waals surface area contributed by atoms with Crippen molar-refractivity contribution in [3.8, 4) is 0 Å². The van der Waals surface area contributed by atoms with Gasteiger partial charge in [0, 0.05) is 0 Å². The van der Waals surface area contributed by atoms with Gasteiger partial charge in [0.15, 0.2) is 0 Å². The fourth-order valence-electron chi connectivity index (χ4n) is 0.698. The van der Waals surface area contributed by atoms with Crippen LogP contribution in [0.3, 0.4) is 0 Å². The van der Waals surface area contributed by atoms with Crippen molar-refractivity contribution in [1.82, 2.24) is 0 Å². The number of rotatable bonds is 1. The van der Waals surface area contributed by atoms with E-state index in [4.69, 9.17) is 10.1 Å². The molecule has 0 spiro atoms. The molecule has 0 amide bonds. The van der Waals surface area contributed by atoms with Gasteiger partial charge in [0.1, 0.15) is 0 Å². The maximum absolute atomic E-state index is 7.32. The second kappa shape index (κ2) is 2.84. The van der Waals surface area contributed by atoms with Gasteiger partial charge in [-0.15, -0.1) is 11.3 Å². The Labute approximate surface area is 64.0 Å². The Kier molecular flexibility index (Phi) is 2.06. The van der Waals surface area contributed by atoms with E-state index in [0.717, 1.165) is 10.4 Å². The topological polar surface area (TPSA) is 33.1 Å². The fraction of sp³-hybridized carbons (Fsp3) is 0.286. The average molecular weight is 155 g/mol. The summed E-state index contributed by atoms with van der Waals surface area (Å²) in [6.45, 7) is 1.97. The molecule has 54 valence electrons. The van der Waals surface area contributed by atoms with Crippen LogP contribution >= 0.6 is 11.3 Å². The summed E-state index contributed by atoms with van der Waals surface area (Å²) in [6.07, 6.45) is 0. The largest absolute Gasteiger partial charge is 0.480 e. The Bertz CT molecular complexity index is 242. The Morgan fingerprint density at radius 3 is 2.80 bits per heavy atom. The van der Waals surface area contributed by atoms with Gasteiger partial charge < -0.3 is 4.74 Å². The van der Waals surface area contributed by atoms with Gasteiger partial charge in [-0.1, -0.05) is 0 Å². The van der Waals surface area contributed by atoms with E-state index in [9.17, 15) is 0 Å². The molecule has 0 fully saturated rings. The smallest absolute Gasteiger partial charge is 0.223 e. The summed E-state index contributed by atoms with van der Waals surface area (Å²) in [5.74, 6) is 0.257. The van der Waals surface area contributed by atoms with Crippen molar-refractivity contribution >= 4 is 17.2 Å². The zero-order chi connectivity index (χ0) is 7.56. The van der Waals surface area contributed by atoms with Gasteiger partial charge in [-0.05, 0) is 23.9 Å². The number of aryl methyl sites for hydroxylation is 1. The first-order valence-corrected chi connectivity index (χ1v) is 3.80. The van der Waals surface area contributed by atoms with Crippen molar-refractivity contribution in [3.63, 3.8) is 0 Å². The van der Waals surface area contributed by atoms with Gasteiger partial charge in [-0.25, -0.2) is 0 Å². The third-order valence-corrected chi connectivity index (χ3v) is 2.29. The van der Waals surface area contributed by atoms with Gasteiger partial charge >= 0.3 is 0 Å². The minimum atomic E-state index is 0.257. The summed E-state index contributed by atoms with van der Waals surface area (Å²) in [4.78, 5) is 0.919. The van der Waals surface area contributed by atoms with Crippen LogP contribution < -0.4 is 0 Å². The molecule has 2 nitrogen and oxygen atoms in total. The van der Waals surface area contributed by atoms with Crippen molar-refractivity contribution < 1.29 is 4.74 Å². The summed E-state index contributed by atoms with van der Waals surface area (Å²) in [6, 6.07) is 1.98. The van der Waals surface area contributed by atoms with E-state index in [2.05, 4.69) is 0 Å². The summed E-state index contributed by atoms with van der Waals surface area (Å²) in [5.41, 5.74) is 1.11. The standard InChI is InChI=1S/C7H9NOS/c1-5-3-4-10-6(5)7(8)9-2/h3-4,8H,1-2H3. The van der Waals surface area contributed by atoms with E-state index in [1.54, 1.807) is 0 Å². The fourth-order valence-corrected chi connectivity index (χ4v) is 1.55. The summed E-state index contributed by atoms with van der Waals surface area (Å²) in [5, 5.41) is 9.28. The molecular weight excluding hydrogens is 146 g/mol. The van der Waals surface area contributed by atoms with Crippen molar-refractivity contribution in [1.29, 1.82) is 5.41 Å². The van der Waals surface area contributed by atoms with Gasteiger partial charge in [-0.3, -0.25) is 5.41 Å². The highest BCUT2D eigenvalue weighted by molar-refractivity contribution is 7.12. The molecule has 1 heterocycles. The molecule has 0 aliphatic carbocycles. The molecule has 10 heavy (non-hydrogen) atoms. The Hall–Kier alpha value is -0.830. The van der Waals surface area contributed by atoms with Gasteiger partial charge in [0.05, 0.1) is 12.0 Å². The number of hydrogen-bond acceptors (Lipinski definition) is 3. The van der Waals surface area contributed by atoms with Crippen LogP contribution in [0.2, 0.25) is 0 Å². The van der Waals surface area contributed by atoms with Crippen molar-refractivity contribution in [2.45, 2.75) is 6.92 Å². The van der Waals surface area contributed by atoms with Crippen molar-refractivity contribution in [2.75, 3.05) is 7.11 Å². The molecule has 1 N–H and O–H groups in total. The van der Waals surface area contributed by atoms with Crippen molar-refractivity contribution in [3.05, 3.63) is 21.9 Å². The maximum atomic E-state index is 7.32. The molecule has 0 aliphatic rings. The number of nitrogens with one attached hydrogen (secondary N) is 1. The molecular formula is C7H9NOS. The van der Waals surface area contributed by atoms with E-state index < -0.39 is 0 Å². The van der Waals surface area contributed by atoms with Gasteiger partial charge in [0.25, 0.3) is 0 Å². The molecule has 1 aromatic rings. The van der Waals surface area contributed by atoms with Crippen LogP contribution in [0.15, 0.2) is 11.4 Å². The highest BCUT2D eigenvalue weighted by atomic mass is 32.1. The lowest BCUT2D eigenvalue weighted by molar-refractivity contribution is 0.402. The Balaban J connectivity index is 2.93. The predicted octanol–water partition coefficient (Wildman–Crippen LogP) is 2.03. The van der Waals surface area contributed by atoms with Gasteiger partial charge in [-0.2, -0.15) is 0 Å². The van der Waals surface area contributed by atoms with Crippen LogP contribution in [0.4, 0.5) is 0 Å². The maximum Gasteiger partial charge on any atom is 0.223 e. The molecule has 0 saturated carbocycles. The van der Waals surface area contributed by atoms with Crippen LogP contribution in [0.1, 0.15) is 10.4 Å². The normalized spacial score (nSPS) is 9.40. The molecule has 0 aromatic carbocycles. The van der Waals surface area contributed by atoms with E-state index in [0.29, 0.717) is 0 Å². The monoisotopic (exact) mass is 155 g/mol. The molecule has 1 aromatic heterocycles. The molecule has 3 heteroatoms. The highest BCUT2D eigenvalue weighted by Gasteiger charge is 2.04. The first-order valence-electron chi connectivity index (χ1n) is 2.92. The van der Waals surface area contributed by atoms with E-state index in [1.165, 1.54) is 18.4 Å². The lowest BCUT2D eigenvalue weighted by Crippen LogP contribution is -1.99.